The van der Waals surface area contributed by atoms with Crippen molar-refractivity contribution in [2.75, 3.05) is 13.7 Å². The predicted molar refractivity (Wildman–Crippen MR) is 65.1 cm³/mol. The van der Waals surface area contributed by atoms with Gasteiger partial charge in [0, 0.05) is 6.54 Å². The minimum atomic E-state index is -0.491. The predicted octanol–water partition coefficient (Wildman–Crippen LogP) is 2.13. The second-order valence-electron chi connectivity index (χ2n) is 4.94. The third-order valence-corrected chi connectivity index (χ3v) is 3.83. The fourth-order valence-electron chi connectivity index (χ4n) is 2.49. The van der Waals surface area contributed by atoms with Crippen molar-refractivity contribution in [3.8, 4) is 0 Å². The number of ether oxygens (including phenoxy) is 1. The maximum absolute atomic E-state index is 11.9. The summed E-state index contributed by atoms with van der Waals surface area (Å²) in [5, 5.41) is 3.29. The van der Waals surface area contributed by atoms with Crippen molar-refractivity contribution < 1.29 is 9.53 Å². The molecule has 3 heteroatoms. The Bertz CT molecular complexity index is 265. The van der Waals surface area contributed by atoms with Crippen LogP contribution in [0.15, 0.2) is 12.7 Å². The average molecular weight is 225 g/mol. The van der Waals surface area contributed by atoms with Crippen LogP contribution in [0.4, 0.5) is 0 Å². The van der Waals surface area contributed by atoms with Gasteiger partial charge < -0.3 is 4.74 Å². The molecule has 3 unspecified atom stereocenters. The summed E-state index contributed by atoms with van der Waals surface area (Å²) in [6, 6.07) is 0. The molecular formula is C13H23NO2. The second kappa shape index (κ2) is 5.48. The molecule has 0 heterocycles. The van der Waals surface area contributed by atoms with Crippen molar-refractivity contribution in [1.82, 2.24) is 5.32 Å². The van der Waals surface area contributed by atoms with Gasteiger partial charge in [-0.2, -0.15) is 0 Å². The fourth-order valence-corrected chi connectivity index (χ4v) is 2.49. The molecule has 0 spiro atoms. The minimum absolute atomic E-state index is 0.131. The van der Waals surface area contributed by atoms with Crippen molar-refractivity contribution in [2.45, 2.75) is 38.6 Å². The third-order valence-electron chi connectivity index (χ3n) is 3.83. The van der Waals surface area contributed by atoms with Crippen molar-refractivity contribution in [1.29, 1.82) is 0 Å². The van der Waals surface area contributed by atoms with Crippen molar-refractivity contribution >= 4 is 5.97 Å². The zero-order valence-electron chi connectivity index (χ0n) is 10.6. The van der Waals surface area contributed by atoms with Gasteiger partial charge in [0.1, 0.15) is 5.54 Å². The monoisotopic (exact) mass is 225 g/mol. The second-order valence-corrected chi connectivity index (χ2v) is 4.94. The Balaban J connectivity index is 2.79. The summed E-state index contributed by atoms with van der Waals surface area (Å²) in [6.07, 6.45) is 4.57. The zero-order chi connectivity index (χ0) is 12.2. The lowest BCUT2D eigenvalue weighted by molar-refractivity contribution is -0.151. The van der Waals surface area contributed by atoms with E-state index in [4.69, 9.17) is 4.74 Å². The Kier molecular flexibility index (Phi) is 4.54. The van der Waals surface area contributed by atoms with Gasteiger partial charge in [-0.05, 0) is 31.1 Å². The number of nitrogens with one attached hydrogen (secondary N) is 1. The summed E-state index contributed by atoms with van der Waals surface area (Å²) in [6.45, 7) is 8.78. The van der Waals surface area contributed by atoms with Gasteiger partial charge in [0.05, 0.1) is 7.11 Å². The van der Waals surface area contributed by atoms with Gasteiger partial charge in [0.15, 0.2) is 0 Å². The SMILES string of the molecule is C=CCNC1(C(=O)OC)CCC(C)C(C)C1. The Morgan fingerprint density at radius 2 is 2.25 bits per heavy atom. The fraction of sp³-hybridized carbons (Fsp3) is 0.769. The van der Waals surface area contributed by atoms with E-state index < -0.39 is 5.54 Å². The molecule has 0 radical (unpaired) electrons. The largest absolute Gasteiger partial charge is 0.468 e. The number of carbonyl (C=O) groups is 1. The molecule has 0 aromatic rings. The van der Waals surface area contributed by atoms with Crippen LogP contribution < -0.4 is 5.32 Å². The first-order valence-corrected chi connectivity index (χ1v) is 6.00. The van der Waals surface area contributed by atoms with E-state index in [9.17, 15) is 4.79 Å². The molecule has 1 rings (SSSR count). The summed E-state index contributed by atoms with van der Waals surface area (Å²) in [7, 11) is 1.46. The summed E-state index contributed by atoms with van der Waals surface area (Å²) in [4.78, 5) is 11.9. The number of rotatable bonds is 4. The summed E-state index contributed by atoms with van der Waals surface area (Å²) < 4.78 is 4.94. The standard InChI is InChI=1S/C13H23NO2/c1-5-8-14-13(12(15)16-4)7-6-10(2)11(3)9-13/h5,10-11,14H,1,6-9H2,2-4H3. The molecule has 0 saturated heterocycles. The van der Waals surface area contributed by atoms with E-state index in [1.807, 2.05) is 0 Å². The van der Waals surface area contributed by atoms with Crippen LogP contribution in [-0.4, -0.2) is 25.2 Å². The molecular weight excluding hydrogens is 202 g/mol. The lowest BCUT2D eigenvalue weighted by atomic mass is 9.71. The zero-order valence-corrected chi connectivity index (χ0v) is 10.6. The van der Waals surface area contributed by atoms with Crippen LogP contribution >= 0.6 is 0 Å². The van der Waals surface area contributed by atoms with E-state index in [0.29, 0.717) is 18.4 Å². The Morgan fingerprint density at radius 3 is 2.75 bits per heavy atom. The minimum Gasteiger partial charge on any atom is -0.468 e. The molecule has 1 aliphatic carbocycles. The van der Waals surface area contributed by atoms with Gasteiger partial charge in [-0.15, -0.1) is 6.58 Å². The molecule has 3 atom stereocenters. The molecule has 1 saturated carbocycles. The van der Waals surface area contributed by atoms with E-state index in [-0.39, 0.29) is 5.97 Å². The Morgan fingerprint density at radius 1 is 1.56 bits per heavy atom. The van der Waals surface area contributed by atoms with Crippen molar-refractivity contribution in [3.05, 3.63) is 12.7 Å². The quantitative estimate of drug-likeness (QED) is 0.588. The molecule has 0 aliphatic heterocycles. The molecule has 0 aromatic heterocycles. The molecule has 1 fully saturated rings. The van der Waals surface area contributed by atoms with Crippen LogP contribution in [0.5, 0.6) is 0 Å². The van der Waals surface area contributed by atoms with Crippen LogP contribution in [0.2, 0.25) is 0 Å². The topological polar surface area (TPSA) is 38.3 Å². The van der Waals surface area contributed by atoms with Crippen LogP contribution in [0, 0.1) is 11.8 Å². The van der Waals surface area contributed by atoms with Crippen LogP contribution in [-0.2, 0) is 9.53 Å². The Labute approximate surface area is 98.2 Å². The van der Waals surface area contributed by atoms with Gasteiger partial charge in [-0.3, -0.25) is 10.1 Å². The van der Waals surface area contributed by atoms with Gasteiger partial charge >= 0.3 is 5.97 Å². The maximum atomic E-state index is 11.9. The number of methoxy groups -OCH3 is 1. The normalized spacial score (nSPS) is 34.4. The first-order valence-electron chi connectivity index (χ1n) is 6.00. The number of esters is 1. The van der Waals surface area contributed by atoms with Crippen LogP contribution in [0.3, 0.4) is 0 Å². The summed E-state index contributed by atoms with van der Waals surface area (Å²) in [5.41, 5.74) is -0.491. The smallest absolute Gasteiger partial charge is 0.326 e. The molecule has 1 aliphatic rings. The van der Waals surface area contributed by atoms with Crippen LogP contribution in [0.25, 0.3) is 0 Å². The Hall–Kier alpha value is -0.830. The van der Waals surface area contributed by atoms with E-state index >= 15 is 0 Å². The van der Waals surface area contributed by atoms with E-state index in [1.54, 1.807) is 6.08 Å². The average Bonchev–Trinajstić information content (AvgIpc) is 2.30. The highest BCUT2D eigenvalue weighted by Crippen LogP contribution is 2.36. The number of carbonyl (C=O) groups excluding carboxylic acids is 1. The molecule has 3 nitrogen and oxygen atoms in total. The molecule has 16 heavy (non-hydrogen) atoms. The highest BCUT2D eigenvalue weighted by molar-refractivity contribution is 5.81. The van der Waals surface area contributed by atoms with Crippen LogP contribution in [0.1, 0.15) is 33.1 Å². The van der Waals surface area contributed by atoms with Gasteiger partial charge in [-0.25, -0.2) is 0 Å². The lowest BCUT2D eigenvalue weighted by Gasteiger charge is -2.41. The van der Waals surface area contributed by atoms with E-state index in [2.05, 4.69) is 25.7 Å². The van der Waals surface area contributed by atoms with Gasteiger partial charge in [-0.1, -0.05) is 19.9 Å². The van der Waals surface area contributed by atoms with E-state index in [1.165, 1.54) is 7.11 Å². The summed E-state index contributed by atoms with van der Waals surface area (Å²) in [5.74, 6) is 1.10. The maximum Gasteiger partial charge on any atom is 0.326 e. The molecule has 0 bridgehead atoms. The molecule has 92 valence electrons. The van der Waals surface area contributed by atoms with Crippen molar-refractivity contribution in [2.24, 2.45) is 11.8 Å². The highest BCUT2D eigenvalue weighted by atomic mass is 16.5. The molecule has 0 aromatic carbocycles. The first kappa shape index (κ1) is 13.2. The molecule has 0 amide bonds. The first-order chi connectivity index (χ1) is 7.55. The van der Waals surface area contributed by atoms with Gasteiger partial charge in [0.2, 0.25) is 0 Å². The number of hydrogen-bond acceptors (Lipinski definition) is 3. The van der Waals surface area contributed by atoms with Crippen molar-refractivity contribution in [3.63, 3.8) is 0 Å². The van der Waals surface area contributed by atoms with E-state index in [0.717, 1.165) is 19.3 Å². The summed E-state index contributed by atoms with van der Waals surface area (Å²) >= 11 is 0. The van der Waals surface area contributed by atoms with Gasteiger partial charge in [0.25, 0.3) is 0 Å². The highest BCUT2D eigenvalue weighted by Gasteiger charge is 2.44. The molecule has 1 N–H and O–H groups in total. The lowest BCUT2D eigenvalue weighted by Crippen LogP contribution is -2.56. The third kappa shape index (κ3) is 2.64. The number of hydrogen-bond donors (Lipinski definition) is 1.